The van der Waals surface area contributed by atoms with Crippen molar-refractivity contribution in [3.05, 3.63) is 35.4 Å². The summed E-state index contributed by atoms with van der Waals surface area (Å²) in [6.45, 7) is 9.42. The van der Waals surface area contributed by atoms with Crippen molar-refractivity contribution in [2.75, 3.05) is 13.7 Å². The van der Waals surface area contributed by atoms with Crippen LogP contribution in [0.3, 0.4) is 0 Å². The Labute approximate surface area is 112 Å². The van der Waals surface area contributed by atoms with Crippen LogP contribution < -0.4 is 5.32 Å². The molecule has 0 saturated heterocycles. The van der Waals surface area contributed by atoms with Crippen molar-refractivity contribution in [1.29, 1.82) is 0 Å². The zero-order valence-electron chi connectivity index (χ0n) is 12.4. The largest absolute Gasteiger partial charge is 0.373 e. The molecular formula is C16H27NO. The van der Waals surface area contributed by atoms with Gasteiger partial charge in [-0.2, -0.15) is 0 Å². The van der Waals surface area contributed by atoms with Crippen LogP contribution >= 0.6 is 0 Å². The van der Waals surface area contributed by atoms with E-state index in [2.05, 4.69) is 57.3 Å². The smallest absolute Gasteiger partial charge is 0.0870 e. The number of rotatable bonds is 7. The van der Waals surface area contributed by atoms with Gasteiger partial charge in [0.2, 0.25) is 0 Å². The Morgan fingerprint density at radius 1 is 1.17 bits per heavy atom. The van der Waals surface area contributed by atoms with Crippen LogP contribution in [-0.4, -0.2) is 19.3 Å². The van der Waals surface area contributed by atoms with Crippen LogP contribution in [0.5, 0.6) is 0 Å². The van der Waals surface area contributed by atoms with Gasteiger partial charge in [-0.25, -0.2) is 0 Å². The molecule has 2 nitrogen and oxygen atoms in total. The van der Waals surface area contributed by atoms with Crippen LogP contribution in [0.4, 0.5) is 0 Å². The normalized spacial score (nSPS) is 13.6. The molecule has 1 aromatic carbocycles. The van der Waals surface area contributed by atoms with Gasteiger partial charge in [-0.05, 0) is 44.9 Å². The summed E-state index contributed by atoms with van der Waals surface area (Å²) in [6, 6.07) is 8.81. The molecule has 0 saturated carbocycles. The summed E-state index contributed by atoms with van der Waals surface area (Å²) in [4.78, 5) is 0. The zero-order chi connectivity index (χ0) is 13.6. The molecule has 0 amide bonds. The molecule has 0 aliphatic carbocycles. The van der Waals surface area contributed by atoms with Gasteiger partial charge in [0, 0.05) is 6.61 Å². The van der Waals surface area contributed by atoms with Crippen molar-refractivity contribution in [3.8, 4) is 0 Å². The molecule has 0 bridgehead atoms. The molecule has 0 aliphatic rings. The van der Waals surface area contributed by atoms with E-state index in [0.717, 1.165) is 19.4 Å². The molecule has 1 N–H and O–H groups in total. The predicted molar refractivity (Wildman–Crippen MR) is 77.9 cm³/mol. The molecule has 1 rings (SSSR count). The number of hydrogen-bond acceptors (Lipinski definition) is 2. The molecule has 1 unspecified atom stereocenters. The summed E-state index contributed by atoms with van der Waals surface area (Å²) >= 11 is 0. The van der Waals surface area contributed by atoms with Crippen LogP contribution in [0, 0.1) is 6.92 Å². The van der Waals surface area contributed by atoms with Crippen molar-refractivity contribution in [2.24, 2.45) is 0 Å². The molecule has 0 radical (unpaired) electrons. The van der Waals surface area contributed by atoms with E-state index in [1.165, 1.54) is 11.1 Å². The van der Waals surface area contributed by atoms with E-state index >= 15 is 0 Å². The Hall–Kier alpha value is -0.860. The summed E-state index contributed by atoms with van der Waals surface area (Å²) in [6.07, 6.45) is 2.02. The lowest BCUT2D eigenvalue weighted by Gasteiger charge is -2.40. The van der Waals surface area contributed by atoms with Gasteiger partial charge in [-0.3, -0.25) is 0 Å². The van der Waals surface area contributed by atoms with Crippen LogP contribution in [0.15, 0.2) is 24.3 Å². The second-order valence-electron chi connectivity index (χ2n) is 4.78. The number of ether oxygens (including phenoxy) is 1. The highest BCUT2D eigenvalue weighted by Crippen LogP contribution is 2.36. The summed E-state index contributed by atoms with van der Waals surface area (Å²) in [7, 11) is 2.02. The van der Waals surface area contributed by atoms with Crippen molar-refractivity contribution in [3.63, 3.8) is 0 Å². The van der Waals surface area contributed by atoms with Gasteiger partial charge < -0.3 is 10.1 Å². The van der Waals surface area contributed by atoms with E-state index in [4.69, 9.17) is 4.74 Å². The molecule has 1 aromatic rings. The Kier molecular flexibility index (Phi) is 5.83. The van der Waals surface area contributed by atoms with E-state index in [-0.39, 0.29) is 11.6 Å². The predicted octanol–water partition coefficient (Wildman–Crippen LogP) is 3.85. The Bertz CT molecular complexity index is 358. The van der Waals surface area contributed by atoms with E-state index in [0.29, 0.717) is 0 Å². The molecular weight excluding hydrogens is 222 g/mol. The number of benzene rings is 1. The minimum atomic E-state index is -0.115. The van der Waals surface area contributed by atoms with Gasteiger partial charge in [0.1, 0.15) is 0 Å². The third kappa shape index (κ3) is 2.93. The van der Waals surface area contributed by atoms with Crippen molar-refractivity contribution in [2.45, 2.75) is 52.2 Å². The first kappa shape index (κ1) is 15.2. The average molecular weight is 249 g/mol. The molecule has 0 aliphatic heterocycles. The quantitative estimate of drug-likeness (QED) is 0.792. The maximum atomic E-state index is 6.13. The maximum Gasteiger partial charge on any atom is 0.0870 e. The summed E-state index contributed by atoms with van der Waals surface area (Å²) in [5.41, 5.74) is 2.55. The fraction of sp³-hybridized carbons (Fsp3) is 0.625. The first-order valence-corrected chi connectivity index (χ1v) is 7.01. The second-order valence-corrected chi connectivity index (χ2v) is 4.78. The highest BCUT2D eigenvalue weighted by atomic mass is 16.5. The second kappa shape index (κ2) is 6.91. The number of aryl methyl sites for hydroxylation is 1. The van der Waals surface area contributed by atoms with Gasteiger partial charge in [-0.1, -0.05) is 38.1 Å². The highest BCUT2D eigenvalue weighted by molar-refractivity contribution is 5.31. The maximum absolute atomic E-state index is 6.13. The first-order chi connectivity index (χ1) is 8.65. The standard InChI is InChI=1S/C16H27NO/c1-6-16(7-2,18-8-3)15(17-5)14-12-10-9-11-13(14)4/h9-12,15,17H,6-8H2,1-5H3. The Morgan fingerprint density at radius 3 is 2.22 bits per heavy atom. The lowest BCUT2D eigenvalue weighted by molar-refractivity contribution is -0.0719. The highest BCUT2D eigenvalue weighted by Gasteiger charge is 2.37. The van der Waals surface area contributed by atoms with E-state index < -0.39 is 0 Å². The van der Waals surface area contributed by atoms with Crippen molar-refractivity contribution < 1.29 is 4.74 Å². The molecule has 2 heteroatoms. The monoisotopic (exact) mass is 249 g/mol. The van der Waals surface area contributed by atoms with E-state index in [1.54, 1.807) is 0 Å². The van der Waals surface area contributed by atoms with Crippen LogP contribution in [0.2, 0.25) is 0 Å². The summed E-state index contributed by atoms with van der Waals surface area (Å²) < 4.78 is 6.13. The minimum absolute atomic E-state index is 0.115. The van der Waals surface area contributed by atoms with Gasteiger partial charge >= 0.3 is 0 Å². The Balaban J connectivity index is 3.17. The van der Waals surface area contributed by atoms with E-state index in [1.807, 2.05) is 7.05 Å². The van der Waals surface area contributed by atoms with E-state index in [9.17, 15) is 0 Å². The van der Waals surface area contributed by atoms with Crippen molar-refractivity contribution >= 4 is 0 Å². The minimum Gasteiger partial charge on any atom is -0.373 e. The van der Waals surface area contributed by atoms with Gasteiger partial charge in [-0.15, -0.1) is 0 Å². The Morgan fingerprint density at radius 2 is 1.78 bits per heavy atom. The lowest BCUT2D eigenvalue weighted by atomic mass is 9.82. The van der Waals surface area contributed by atoms with Crippen LogP contribution in [-0.2, 0) is 4.74 Å². The molecule has 0 fully saturated rings. The fourth-order valence-corrected chi connectivity index (χ4v) is 2.85. The average Bonchev–Trinajstić information content (AvgIpc) is 2.40. The molecule has 0 aromatic heterocycles. The number of likely N-dealkylation sites (N-methyl/N-ethyl adjacent to an activating group) is 1. The lowest BCUT2D eigenvalue weighted by Crippen LogP contribution is -2.44. The topological polar surface area (TPSA) is 21.3 Å². The SMILES string of the molecule is CCOC(CC)(CC)C(NC)c1ccccc1C. The fourth-order valence-electron chi connectivity index (χ4n) is 2.85. The van der Waals surface area contributed by atoms with Crippen LogP contribution in [0.25, 0.3) is 0 Å². The van der Waals surface area contributed by atoms with Gasteiger partial charge in [0.05, 0.1) is 11.6 Å². The van der Waals surface area contributed by atoms with Crippen LogP contribution in [0.1, 0.15) is 50.8 Å². The number of nitrogens with one attached hydrogen (secondary N) is 1. The van der Waals surface area contributed by atoms with Gasteiger partial charge in [0.15, 0.2) is 0 Å². The third-order valence-corrected chi connectivity index (χ3v) is 3.94. The van der Waals surface area contributed by atoms with Gasteiger partial charge in [0.25, 0.3) is 0 Å². The zero-order valence-corrected chi connectivity index (χ0v) is 12.4. The van der Waals surface area contributed by atoms with Crippen molar-refractivity contribution in [1.82, 2.24) is 5.32 Å². The molecule has 0 heterocycles. The first-order valence-electron chi connectivity index (χ1n) is 7.01. The number of hydrogen-bond donors (Lipinski definition) is 1. The molecule has 18 heavy (non-hydrogen) atoms. The molecule has 0 spiro atoms. The summed E-state index contributed by atoms with van der Waals surface area (Å²) in [5, 5.41) is 3.46. The molecule has 102 valence electrons. The molecule has 1 atom stereocenters. The summed E-state index contributed by atoms with van der Waals surface area (Å²) in [5.74, 6) is 0. The third-order valence-electron chi connectivity index (χ3n) is 3.94.